The van der Waals surface area contributed by atoms with E-state index in [0.717, 1.165) is 5.57 Å². The Hall–Kier alpha value is -1.48. The molecule has 0 spiro atoms. The van der Waals surface area contributed by atoms with Gasteiger partial charge in [-0.25, -0.2) is 4.79 Å². The van der Waals surface area contributed by atoms with Crippen molar-refractivity contribution >= 4 is 24.2 Å². The molecule has 0 saturated carbocycles. The van der Waals surface area contributed by atoms with Crippen LogP contribution in [-0.4, -0.2) is 30.6 Å². The summed E-state index contributed by atoms with van der Waals surface area (Å²) in [5.74, 6) is 0.503. The summed E-state index contributed by atoms with van der Waals surface area (Å²) in [7, 11) is -2.00. The number of rotatable bonds is 7. The van der Waals surface area contributed by atoms with Gasteiger partial charge in [0.25, 0.3) is 5.56 Å². The van der Waals surface area contributed by atoms with Crippen LogP contribution in [0, 0.1) is 33.3 Å². The molecule has 0 saturated heterocycles. The van der Waals surface area contributed by atoms with E-state index >= 15 is 0 Å². The molecule has 0 fully saturated rings. The molecule has 0 aromatic carbocycles. The number of nitrogens with one attached hydrogen (secondary N) is 1. The van der Waals surface area contributed by atoms with Gasteiger partial charge in [0.05, 0.1) is 11.1 Å². The maximum Gasteiger partial charge on any atom is 0 e. The number of aromatic nitrogens is 2. The number of hydrogen-bond donors (Lipinski definition) is 1. The van der Waals surface area contributed by atoms with Crippen LogP contribution in [0.2, 0.25) is 18.1 Å². The first-order valence-corrected chi connectivity index (χ1v) is 13.4. The average molecular weight is 612 g/mol. The van der Waals surface area contributed by atoms with Crippen LogP contribution in [0.1, 0.15) is 33.9 Å². The molecule has 12 heteroatoms. The summed E-state index contributed by atoms with van der Waals surface area (Å²) in [4.78, 5) is 25.9. The Morgan fingerprint density at radius 3 is 2.17 bits per heavy atom. The first kappa shape index (κ1) is 40.7. The number of H-pyrrole nitrogens is 1. The maximum atomic E-state index is 12.1. The van der Waals surface area contributed by atoms with Gasteiger partial charge in [-0.3, -0.25) is 14.3 Å². The van der Waals surface area contributed by atoms with E-state index in [4.69, 9.17) is 23.1 Å². The summed E-state index contributed by atoms with van der Waals surface area (Å²) < 4.78 is 36.6. The summed E-state index contributed by atoms with van der Waals surface area (Å²) in [6.45, 7) is 31.1. The second kappa shape index (κ2) is 18.7. The number of halogens is 1. The van der Waals surface area contributed by atoms with E-state index in [-0.39, 0.29) is 40.1 Å². The van der Waals surface area contributed by atoms with Crippen LogP contribution in [0.3, 0.4) is 0 Å². The topological polar surface area (TPSA) is 133 Å². The third-order valence-electron chi connectivity index (χ3n) is 6.04. The van der Waals surface area contributed by atoms with Crippen molar-refractivity contribution in [2.45, 2.75) is 58.2 Å². The van der Waals surface area contributed by atoms with Crippen molar-refractivity contribution in [3.05, 3.63) is 83.2 Å². The van der Waals surface area contributed by atoms with Crippen LogP contribution in [0.4, 0.5) is 0 Å². The normalized spacial score (nSPS) is 16.2. The molecule has 2 heterocycles. The van der Waals surface area contributed by atoms with Gasteiger partial charge in [0, 0.05) is 23.3 Å². The Bertz CT molecular complexity index is 980. The molecule has 1 aliphatic rings. The van der Waals surface area contributed by atoms with Gasteiger partial charge in [-0.15, -0.1) is 0 Å². The van der Waals surface area contributed by atoms with E-state index in [9.17, 15) is 9.59 Å². The molecule has 1 aromatic rings. The summed E-state index contributed by atoms with van der Waals surface area (Å²) in [5, 5.41) is 0.101. The van der Waals surface area contributed by atoms with Crippen molar-refractivity contribution in [3.8, 4) is 0 Å². The number of nitrogens with zero attached hydrogens (tertiary/aromatic N) is 1. The zero-order valence-electron chi connectivity index (χ0n) is 20.9. The van der Waals surface area contributed by atoms with Gasteiger partial charge in [0.1, 0.15) is 6.10 Å². The Morgan fingerprint density at radius 1 is 1.26 bits per heavy atom. The van der Waals surface area contributed by atoms with Crippen molar-refractivity contribution in [1.82, 2.24) is 9.55 Å². The molecule has 0 aliphatic carbocycles. The predicted molar refractivity (Wildman–Crippen MR) is 132 cm³/mol. The number of ether oxygens (including phenoxy) is 1. The van der Waals surface area contributed by atoms with E-state index in [0.29, 0.717) is 12.5 Å². The molecule has 0 radical (unpaired) electrons. The van der Waals surface area contributed by atoms with Gasteiger partial charge in [0.15, 0.2) is 14.5 Å². The Balaban J connectivity index is -0.000000557. The quantitative estimate of drug-likeness (QED) is 0.279. The summed E-state index contributed by atoms with van der Waals surface area (Å²) >= 11 is 3.15. The summed E-state index contributed by atoms with van der Waals surface area (Å²) in [5.41, 5.74) is -0.114. The molecule has 0 bridgehead atoms. The fourth-order valence-corrected chi connectivity index (χ4v) is 5.50. The van der Waals surface area contributed by atoms with Crippen LogP contribution in [-0.2, 0) is 40.2 Å². The largest absolute Gasteiger partial charge is 0.358 e. The minimum Gasteiger partial charge on any atom is -0.358 e. The van der Waals surface area contributed by atoms with Gasteiger partial charge < -0.3 is 16.6 Å². The van der Waals surface area contributed by atoms with Crippen LogP contribution in [0.25, 0.3) is 0 Å². The zero-order chi connectivity index (χ0) is 26.6. The molecular formula is C23H32BrFeN2O7Si-. The first-order chi connectivity index (χ1) is 15.4. The third kappa shape index (κ3) is 10.6. The van der Waals surface area contributed by atoms with E-state index in [1.807, 2.05) is 6.08 Å². The van der Waals surface area contributed by atoms with Gasteiger partial charge in [0.2, 0.25) is 0 Å². The Morgan fingerprint density at radius 2 is 1.74 bits per heavy atom. The van der Waals surface area contributed by atoms with Gasteiger partial charge in [-0.05, 0) is 51.6 Å². The van der Waals surface area contributed by atoms with Gasteiger partial charge in [-0.1, -0.05) is 40.3 Å². The fourth-order valence-electron chi connectivity index (χ4n) is 2.85. The fraction of sp³-hybridized carbons (Fsp3) is 0.478. The molecule has 1 N–H and O–H groups in total. The second-order valence-electron chi connectivity index (χ2n) is 8.23. The van der Waals surface area contributed by atoms with Crippen molar-refractivity contribution < 1.29 is 40.2 Å². The Kier molecular flexibility index (Phi) is 21.8. The number of aromatic amines is 1. The smallest absolute Gasteiger partial charge is 0 e. The zero-order valence-corrected chi connectivity index (χ0v) is 24.6. The molecule has 0 amide bonds. The van der Waals surface area contributed by atoms with E-state index < -0.39 is 25.8 Å². The van der Waals surface area contributed by atoms with Crippen LogP contribution >= 0.6 is 15.9 Å². The molecular weight excluding hydrogens is 580 g/mol. The van der Waals surface area contributed by atoms with Crippen molar-refractivity contribution in [1.29, 1.82) is 0 Å². The van der Waals surface area contributed by atoms with Crippen molar-refractivity contribution in [3.63, 3.8) is 0 Å². The average Bonchev–Trinajstić information content (AvgIpc) is 3.22. The molecule has 1 aliphatic heterocycles. The molecule has 1 aromatic heterocycles. The SMILES string of the molecule is C=CC1=C[C@H](n2cc(Br)c(=O)[nH]c2=O)O[C@@H]1CO[Si](C)(C)C(C)(C)C(C)C.[C-]#[O+].[C-]#[O+].[C-]#[O+].[CH3-].[Fe]. The van der Waals surface area contributed by atoms with E-state index in [1.54, 1.807) is 6.08 Å². The van der Waals surface area contributed by atoms with Crippen LogP contribution < -0.4 is 11.2 Å². The summed E-state index contributed by atoms with van der Waals surface area (Å²) in [6, 6.07) is 0. The molecule has 196 valence electrons. The van der Waals surface area contributed by atoms with E-state index in [1.165, 1.54) is 10.8 Å². The maximum absolute atomic E-state index is 12.1. The minimum atomic E-state index is -2.00. The molecule has 0 unspecified atom stereocenters. The molecule has 35 heavy (non-hydrogen) atoms. The summed E-state index contributed by atoms with van der Waals surface area (Å²) in [6.07, 6.45) is 4.07. The predicted octanol–water partition coefficient (Wildman–Crippen LogP) is 4.30. The third-order valence-corrected chi connectivity index (χ3v) is 11.2. The van der Waals surface area contributed by atoms with Crippen molar-refractivity contribution in [2.75, 3.05) is 6.61 Å². The molecule has 2 atom stereocenters. The van der Waals surface area contributed by atoms with Crippen LogP contribution in [0.5, 0.6) is 0 Å². The van der Waals surface area contributed by atoms with Crippen LogP contribution in [0.15, 0.2) is 44.6 Å². The van der Waals surface area contributed by atoms with Gasteiger partial charge >= 0.3 is 39.6 Å². The first-order valence-electron chi connectivity index (χ1n) is 9.66. The van der Waals surface area contributed by atoms with Crippen molar-refractivity contribution in [2.24, 2.45) is 5.92 Å². The monoisotopic (exact) mass is 611 g/mol. The molecule has 2 rings (SSSR count). The second-order valence-corrected chi connectivity index (χ2v) is 13.7. The minimum absolute atomic E-state index is 0. The standard InChI is InChI=1S/C19H29BrN2O4Si.3CO.CH3.Fe/c1-8-13-9-16(22-10-14(20)17(23)21-18(22)24)26-15(13)11-25-27(6,7)19(4,5)12(2)3;3*1-2;;/h8-10,12,15-16H,1,11H2,2-7H3,(H,21,23,24);;;;1H3;/q;;;;-1;/t15-,16-;;;;;/m1...../s1. The number of hydrogen-bond acceptors (Lipinski definition) is 4. The Labute approximate surface area is 227 Å². The van der Waals surface area contributed by atoms with Gasteiger partial charge in [-0.2, -0.15) is 0 Å². The molecule has 9 nitrogen and oxygen atoms in total. The van der Waals surface area contributed by atoms with E-state index in [2.05, 4.69) is 88.2 Å².